The zero-order valence-electron chi connectivity index (χ0n) is 16.7. The van der Waals surface area contributed by atoms with E-state index < -0.39 is 0 Å². The van der Waals surface area contributed by atoms with Gasteiger partial charge in [-0.1, -0.05) is 24.3 Å². The Labute approximate surface area is 165 Å². The summed E-state index contributed by atoms with van der Waals surface area (Å²) >= 11 is 0. The summed E-state index contributed by atoms with van der Waals surface area (Å²) < 4.78 is 13.0. The van der Waals surface area contributed by atoms with E-state index in [1.54, 1.807) is 7.11 Å². The van der Waals surface area contributed by atoms with Gasteiger partial charge in [-0.2, -0.15) is 0 Å². The van der Waals surface area contributed by atoms with Crippen LogP contribution in [0.5, 0.6) is 5.75 Å². The molecular formula is C22H27N3O3. The highest BCUT2D eigenvalue weighted by atomic mass is 16.5. The number of fused-ring (bicyclic) bond motifs is 1. The van der Waals surface area contributed by atoms with Crippen LogP contribution in [0.4, 0.5) is 0 Å². The molecule has 0 aliphatic rings. The molecule has 1 aromatic heterocycles. The lowest BCUT2D eigenvalue weighted by Crippen LogP contribution is -2.29. The van der Waals surface area contributed by atoms with Crippen molar-refractivity contribution < 1.29 is 14.3 Å². The Morgan fingerprint density at radius 2 is 2.00 bits per heavy atom. The number of para-hydroxylation sites is 2. The monoisotopic (exact) mass is 381 g/mol. The summed E-state index contributed by atoms with van der Waals surface area (Å²) in [5.41, 5.74) is 4.00. The standard InChI is InChI=1S/C22H27N3O3/c1-16-9-10-17(2)20(13-16)28-15-21-24-18-7-4-5-8-19(18)25(21)14-22(26)23-11-6-12-27-3/h4-5,7-10,13H,6,11-12,14-15H2,1-3H3,(H,23,26). The minimum Gasteiger partial charge on any atom is -0.485 e. The molecule has 6 nitrogen and oxygen atoms in total. The van der Waals surface area contributed by atoms with Gasteiger partial charge < -0.3 is 19.4 Å². The molecule has 6 heteroatoms. The molecule has 28 heavy (non-hydrogen) atoms. The van der Waals surface area contributed by atoms with Crippen molar-refractivity contribution in [3.05, 3.63) is 59.4 Å². The Kier molecular flexibility index (Phi) is 6.66. The fourth-order valence-corrected chi connectivity index (χ4v) is 3.06. The quantitative estimate of drug-likeness (QED) is 0.577. The van der Waals surface area contributed by atoms with E-state index in [4.69, 9.17) is 9.47 Å². The maximum absolute atomic E-state index is 12.4. The number of nitrogens with zero attached hydrogens (tertiary/aromatic N) is 2. The van der Waals surface area contributed by atoms with Crippen LogP contribution in [-0.2, 0) is 22.7 Å². The summed E-state index contributed by atoms with van der Waals surface area (Å²) in [6.45, 7) is 5.78. The molecule has 0 radical (unpaired) electrons. The van der Waals surface area contributed by atoms with Crippen molar-refractivity contribution in [3.8, 4) is 5.75 Å². The third kappa shape index (κ3) is 4.89. The van der Waals surface area contributed by atoms with Crippen LogP contribution in [0, 0.1) is 13.8 Å². The molecule has 1 N–H and O–H groups in total. The first kappa shape index (κ1) is 19.9. The topological polar surface area (TPSA) is 65.4 Å². The molecule has 0 spiro atoms. The number of methoxy groups -OCH3 is 1. The molecule has 2 aromatic carbocycles. The second-order valence-corrected chi connectivity index (χ2v) is 6.86. The average Bonchev–Trinajstić information content (AvgIpc) is 3.03. The number of amides is 1. The Bertz CT molecular complexity index is 949. The molecule has 3 rings (SSSR count). The summed E-state index contributed by atoms with van der Waals surface area (Å²) in [5.74, 6) is 1.52. The molecule has 0 saturated heterocycles. The third-order valence-corrected chi connectivity index (χ3v) is 4.58. The van der Waals surface area contributed by atoms with Crippen molar-refractivity contribution in [3.63, 3.8) is 0 Å². The molecule has 148 valence electrons. The van der Waals surface area contributed by atoms with Gasteiger partial charge in [-0.05, 0) is 49.6 Å². The zero-order valence-corrected chi connectivity index (χ0v) is 16.7. The summed E-state index contributed by atoms with van der Waals surface area (Å²) in [4.78, 5) is 17.1. The number of benzene rings is 2. The second kappa shape index (κ2) is 9.37. The van der Waals surface area contributed by atoms with E-state index in [1.807, 2.05) is 54.8 Å². The number of ether oxygens (including phenoxy) is 2. The van der Waals surface area contributed by atoms with Crippen molar-refractivity contribution in [2.45, 2.75) is 33.4 Å². The van der Waals surface area contributed by atoms with Crippen LogP contribution >= 0.6 is 0 Å². The molecule has 1 heterocycles. The van der Waals surface area contributed by atoms with Gasteiger partial charge in [-0.25, -0.2) is 4.98 Å². The predicted molar refractivity (Wildman–Crippen MR) is 109 cm³/mol. The first-order valence-electron chi connectivity index (χ1n) is 9.48. The molecular weight excluding hydrogens is 354 g/mol. The van der Waals surface area contributed by atoms with E-state index >= 15 is 0 Å². The summed E-state index contributed by atoms with van der Waals surface area (Å²) in [6, 6.07) is 13.9. The molecule has 3 aromatic rings. The minimum absolute atomic E-state index is 0.0488. The largest absolute Gasteiger partial charge is 0.485 e. The molecule has 1 amide bonds. The fourth-order valence-electron chi connectivity index (χ4n) is 3.06. The third-order valence-electron chi connectivity index (χ3n) is 4.58. The number of nitrogens with one attached hydrogen (secondary N) is 1. The van der Waals surface area contributed by atoms with Gasteiger partial charge in [0, 0.05) is 20.3 Å². The maximum atomic E-state index is 12.4. The number of rotatable bonds is 9. The molecule has 0 bridgehead atoms. The van der Waals surface area contributed by atoms with Crippen LogP contribution in [0.3, 0.4) is 0 Å². The Hall–Kier alpha value is -2.86. The lowest BCUT2D eigenvalue weighted by molar-refractivity contribution is -0.121. The van der Waals surface area contributed by atoms with Crippen molar-refractivity contribution in [1.82, 2.24) is 14.9 Å². The van der Waals surface area contributed by atoms with E-state index in [2.05, 4.69) is 16.4 Å². The predicted octanol–water partition coefficient (Wildman–Crippen LogP) is 3.38. The van der Waals surface area contributed by atoms with Gasteiger partial charge >= 0.3 is 0 Å². The molecule has 0 saturated carbocycles. The number of carbonyl (C=O) groups excluding carboxylic acids is 1. The Balaban J connectivity index is 1.77. The van der Waals surface area contributed by atoms with E-state index in [0.717, 1.165) is 40.2 Å². The van der Waals surface area contributed by atoms with E-state index in [-0.39, 0.29) is 12.5 Å². The number of carbonyl (C=O) groups is 1. The van der Waals surface area contributed by atoms with Gasteiger partial charge in [0.2, 0.25) is 5.91 Å². The van der Waals surface area contributed by atoms with Crippen LogP contribution in [0.25, 0.3) is 11.0 Å². The van der Waals surface area contributed by atoms with E-state index in [0.29, 0.717) is 19.8 Å². The Morgan fingerprint density at radius 3 is 2.82 bits per heavy atom. The smallest absolute Gasteiger partial charge is 0.240 e. The van der Waals surface area contributed by atoms with Crippen molar-refractivity contribution in [1.29, 1.82) is 0 Å². The van der Waals surface area contributed by atoms with E-state index in [9.17, 15) is 4.79 Å². The summed E-state index contributed by atoms with van der Waals surface area (Å²) in [5, 5.41) is 2.93. The lowest BCUT2D eigenvalue weighted by Gasteiger charge is -2.12. The second-order valence-electron chi connectivity index (χ2n) is 6.86. The van der Waals surface area contributed by atoms with Crippen molar-refractivity contribution >= 4 is 16.9 Å². The van der Waals surface area contributed by atoms with Gasteiger partial charge in [-0.15, -0.1) is 0 Å². The average molecular weight is 381 g/mol. The van der Waals surface area contributed by atoms with Crippen LogP contribution < -0.4 is 10.1 Å². The SMILES string of the molecule is COCCCNC(=O)Cn1c(COc2cc(C)ccc2C)nc2ccccc21. The molecule has 0 aliphatic heterocycles. The molecule has 0 unspecified atom stereocenters. The first-order valence-corrected chi connectivity index (χ1v) is 9.48. The van der Waals surface area contributed by atoms with Crippen molar-refractivity contribution in [2.75, 3.05) is 20.3 Å². The number of hydrogen-bond donors (Lipinski definition) is 1. The number of aromatic nitrogens is 2. The normalized spacial score (nSPS) is 11.0. The number of aryl methyl sites for hydroxylation is 2. The van der Waals surface area contributed by atoms with Crippen LogP contribution in [-0.4, -0.2) is 35.7 Å². The van der Waals surface area contributed by atoms with Gasteiger partial charge in [0.25, 0.3) is 0 Å². The van der Waals surface area contributed by atoms with Gasteiger partial charge in [0.05, 0.1) is 11.0 Å². The molecule has 0 aliphatic carbocycles. The first-order chi connectivity index (χ1) is 13.6. The number of imidazole rings is 1. The van der Waals surface area contributed by atoms with Crippen LogP contribution in [0.1, 0.15) is 23.4 Å². The maximum Gasteiger partial charge on any atom is 0.240 e. The van der Waals surface area contributed by atoms with Gasteiger partial charge in [0.1, 0.15) is 24.7 Å². The van der Waals surface area contributed by atoms with Crippen LogP contribution in [0.2, 0.25) is 0 Å². The van der Waals surface area contributed by atoms with E-state index in [1.165, 1.54) is 0 Å². The summed E-state index contributed by atoms with van der Waals surface area (Å²) in [6.07, 6.45) is 0.787. The van der Waals surface area contributed by atoms with Crippen molar-refractivity contribution in [2.24, 2.45) is 0 Å². The minimum atomic E-state index is -0.0488. The highest BCUT2D eigenvalue weighted by Crippen LogP contribution is 2.22. The summed E-state index contributed by atoms with van der Waals surface area (Å²) in [7, 11) is 1.65. The van der Waals surface area contributed by atoms with Gasteiger partial charge in [-0.3, -0.25) is 4.79 Å². The lowest BCUT2D eigenvalue weighted by atomic mass is 10.1. The molecule has 0 atom stereocenters. The Morgan fingerprint density at radius 1 is 1.18 bits per heavy atom. The zero-order chi connectivity index (χ0) is 19.9. The highest BCUT2D eigenvalue weighted by Gasteiger charge is 2.14. The fraction of sp³-hybridized carbons (Fsp3) is 0.364. The molecule has 0 fully saturated rings. The van der Waals surface area contributed by atoms with Crippen LogP contribution in [0.15, 0.2) is 42.5 Å². The highest BCUT2D eigenvalue weighted by molar-refractivity contribution is 5.81. The number of hydrogen-bond acceptors (Lipinski definition) is 4. The van der Waals surface area contributed by atoms with Gasteiger partial charge in [0.15, 0.2) is 0 Å².